The number of ether oxygens (including phenoxy) is 1. The first-order valence-corrected chi connectivity index (χ1v) is 10.7. The second kappa shape index (κ2) is 7.03. The van der Waals surface area contributed by atoms with E-state index in [1.807, 2.05) is 0 Å². The third kappa shape index (κ3) is 4.25. The van der Waals surface area contributed by atoms with Gasteiger partial charge < -0.3 is 30.1 Å². The molecular weight excluding hydrogens is 409 g/mol. The van der Waals surface area contributed by atoms with E-state index in [0.717, 1.165) is 0 Å². The zero-order valence-electron chi connectivity index (χ0n) is 13.4. The van der Waals surface area contributed by atoms with E-state index in [1.165, 1.54) is 17.2 Å². The van der Waals surface area contributed by atoms with E-state index in [4.69, 9.17) is 15.0 Å². The molecule has 1 aliphatic rings. The molecule has 0 saturated carbocycles. The van der Waals surface area contributed by atoms with Crippen LogP contribution in [0.3, 0.4) is 0 Å². The molecule has 5 atom stereocenters. The van der Waals surface area contributed by atoms with Crippen LogP contribution in [0.2, 0.25) is 0 Å². The molecule has 0 spiro atoms. The minimum atomic E-state index is -4.76. The minimum Gasteiger partial charge on any atom is -0.387 e. The zero-order valence-corrected chi connectivity index (χ0v) is 15.1. The van der Waals surface area contributed by atoms with Crippen molar-refractivity contribution in [3.8, 4) is 0 Å². The van der Waals surface area contributed by atoms with E-state index in [9.17, 15) is 28.1 Å². The van der Waals surface area contributed by atoms with E-state index in [-0.39, 0.29) is 17.0 Å². The second-order valence-corrected chi connectivity index (χ2v) is 9.50. The predicted molar refractivity (Wildman–Crippen MR) is 87.9 cm³/mol. The molecule has 2 unspecified atom stereocenters. The molecule has 2 aromatic rings. The van der Waals surface area contributed by atoms with Crippen LogP contribution in [0, 0.1) is 0 Å². The molecule has 6 N–H and O–H groups in total. The Morgan fingerprint density at radius 2 is 2.00 bits per heavy atom. The maximum atomic E-state index is 11.6. The Kier molecular flexibility index (Phi) is 5.22. The maximum Gasteiger partial charge on any atom is 0.345 e. The van der Waals surface area contributed by atoms with Gasteiger partial charge in [-0.1, -0.05) is 0 Å². The van der Waals surface area contributed by atoms with Crippen LogP contribution in [0.25, 0.3) is 11.2 Å². The van der Waals surface area contributed by atoms with Gasteiger partial charge in [0.1, 0.15) is 30.2 Å². The van der Waals surface area contributed by atoms with Crippen LogP contribution in [-0.4, -0.2) is 78.0 Å². The summed E-state index contributed by atoms with van der Waals surface area (Å²) in [6, 6.07) is 0. The molecule has 3 rings (SSSR count). The molecule has 0 aliphatic carbocycles. The molecule has 1 saturated heterocycles. The van der Waals surface area contributed by atoms with Crippen molar-refractivity contribution < 1.29 is 41.9 Å². The van der Waals surface area contributed by atoms with Crippen LogP contribution in [-0.2, 0) is 23.9 Å². The fourth-order valence-electron chi connectivity index (χ4n) is 2.59. The topological polar surface area (TPSA) is 220 Å². The molecule has 0 amide bonds. The number of hydrogen-bond donors (Lipinski definition) is 5. The van der Waals surface area contributed by atoms with Crippen molar-refractivity contribution in [1.29, 1.82) is 0 Å². The van der Waals surface area contributed by atoms with E-state index < -0.39 is 54.4 Å². The summed E-state index contributed by atoms with van der Waals surface area (Å²) < 4.78 is 53.0. The van der Waals surface area contributed by atoms with E-state index in [0.29, 0.717) is 0 Å². The van der Waals surface area contributed by atoms with Gasteiger partial charge >= 0.3 is 7.60 Å². The Morgan fingerprint density at radius 3 is 2.67 bits per heavy atom. The van der Waals surface area contributed by atoms with Gasteiger partial charge in [-0.2, -0.15) is 8.42 Å². The summed E-state index contributed by atoms with van der Waals surface area (Å²) in [4.78, 5) is 21.2. The third-order valence-corrected chi connectivity index (χ3v) is 6.93. The summed E-state index contributed by atoms with van der Waals surface area (Å²) in [6.07, 6.45) is -3.03. The predicted octanol–water partition coefficient (Wildman–Crippen LogP) is -1.92. The van der Waals surface area contributed by atoms with E-state index >= 15 is 0 Å². The summed E-state index contributed by atoms with van der Waals surface area (Å²) in [5, 5.41) is 20.3. The van der Waals surface area contributed by atoms with Crippen molar-refractivity contribution in [3.05, 3.63) is 12.7 Å². The summed E-state index contributed by atoms with van der Waals surface area (Å²) >= 11 is 0. The first-order chi connectivity index (χ1) is 12.5. The van der Waals surface area contributed by atoms with Crippen molar-refractivity contribution in [2.45, 2.75) is 24.5 Å². The van der Waals surface area contributed by atoms with E-state index in [1.54, 1.807) is 0 Å². The number of aliphatic hydroxyl groups is 2. The number of fused-ring (bicyclic) bond motifs is 1. The largest absolute Gasteiger partial charge is 0.387 e. The Balaban J connectivity index is 1.76. The Morgan fingerprint density at radius 1 is 1.30 bits per heavy atom. The molecule has 3 heterocycles. The highest BCUT2D eigenvalue weighted by Crippen LogP contribution is 2.44. The number of rotatable bonds is 6. The molecule has 0 bridgehead atoms. The maximum absolute atomic E-state index is 11.6. The summed E-state index contributed by atoms with van der Waals surface area (Å²) in [5.74, 6) is 0.0955. The Labute approximate surface area is 151 Å². The number of hydrogen-bond acceptors (Lipinski definition) is 11. The second-order valence-electron chi connectivity index (χ2n) is 5.77. The Hall–Kier alpha value is -1.71. The molecule has 1 aliphatic heterocycles. The normalized spacial score (nSPS) is 28.4. The van der Waals surface area contributed by atoms with Gasteiger partial charge in [-0.3, -0.25) is 13.7 Å². The highest BCUT2D eigenvalue weighted by atomic mass is 32.2. The van der Waals surface area contributed by atoms with Crippen molar-refractivity contribution in [2.24, 2.45) is 0 Å². The smallest absolute Gasteiger partial charge is 0.345 e. The quantitative estimate of drug-likeness (QED) is 0.252. The summed E-state index contributed by atoms with van der Waals surface area (Å²) in [5.41, 5.74) is 4.63. The first kappa shape index (κ1) is 20.0. The van der Waals surface area contributed by atoms with Crippen LogP contribution >= 0.6 is 7.60 Å². The standard InChI is InChI=1S/C11H16N5O9PS/c12-9-6-10(14-2-13-9)16(3-15-6)11-8(18)7(17)5(25-11)1-24-26(19,20)4-27(21,22)23/h2-3,5,7-8,11,17-18H,1,4H2,(H,19,20)(H2,12,13,14)(H,21,22,23)/t5-,7-,8-,11?/m1/s1. The fourth-order valence-corrected chi connectivity index (χ4v) is 4.91. The van der Waals surface area contributed by atoms with Crippen LogP contribution in [0.15, 0.2) is 12.7 Å². The molecule has 27 heavy (non-hydrogen) atoms. The lowest BCUT2D eigenvalue weighted by atomic mass is 10.1. The molecule has 0 aromatic carbocycles. The van der Waals surface area contributed by atoms with Gasteiger partial charge in [0, 0.05) is 0 Å². The lowest BCUT2D eigenvalue weighted by Gasteiger charge is -2.17. The number of nitrogens with two attached hydrogens (primary N) is 1. The fraction of sp³-hybridized carbons (Fsp3) is 0.545. The van der Waals surface area contributed by atoms with Gasteiger partial charge in [-0.25, -0.2) is 15.0 Å². The van der Waals surface area contributed by atoms with Crippen molar-refractivity contribution in [3.63, 3.8) is 0 Å². The number of nitrogens with zero attached hydrogens (tertiary/aromatic N) is 4. The van der Waals surface area contributed by atoms with E-state index in [2.05, 4.69) is 19.5 Å². The van der Waals surface area contributed by atoms with Crippen molar-refractivity contribution in [1.82, 2.24) is 19.5 Å². The molecule has 14 nitrogen and oxygen atoms in total. The van der Waals surface area contributed by atoms with Crippen molar-refractivity contribution in [2.75, 3.05) is 17.8 Å². The number of imidazole rings is 1. The summed E-state index contributed by atoms with van der Waals surface area (Å²) in [7, 11) is -9.46. The number of nitrogen functional groups attached to an aromatic ring is 1. The molecule has 1 fully saturated rings. The number of anilines is 1. The zero-order chi connectivity index (χ0) is 20.0. The third-order valence-electron chi connectivity index (χ3n) is 3.77. The van der Waals surface area contributed by atoms with Crippen molar-refractivity contribution >= 4 is 34.7 Å². The molecule has 0 radical (unpaired) electrons. The highest BCUT2D eigenvalue weighted by molar-refractivity contribution is 7.92. The van der Waals surface area contributed by atoms with Gasteiger partial charge in [0.15, 0.2) is 23.2 Å². The average Bonchev–Trinajstić information content (AvgIpc) is 3.07. The molecular formula is C11H16N5O9PS. The van der Waals surface area contributed by atoms with Crippen LogP contribution in [0.4, 0.5) is 5.82 Å². The van der Waals surface area contributed by atoms with Gasteiger partial charge in [0.25, 0.3) is 10.1 Å². The highest BCUT2D eigenvalue weighted by Gasteiger charge is 2.45. The van der Waals surface area contributed by atoms with Gasteiger partial charge in [-0.15, -0.1) is 0 Å². The number of aromatic nitrogens is 4. The van der Waals surface area contributed by atoms with Gasteiger partial charge in [0.2, 0.25) is 0 Å². The van der Waals surface area contributed by atoms with Crippen LogP contribution in [0.5, 0.6) is 0 Å². The lowest BCUT2D eigenvalue weighted by Crippen LogP contribution is -2.33. The minimum absolute atomic E-state index is 0.0955. The summed E-state index contributed by atoms with van der Waals surface area (Å²) in [6.45, 7) is -0.720. The van der Waals surface area contributed by atoms with Crippen LogP contribution in [0.1, 0.15) is 6.23 Å². The average molecular weight is 425 g/mol. The monoisotopic (exact) mass is 425 g/mol. The SMILES string of the molecule is Nc1ncnc2c1ncn2C1O[C@H](COP(=O)(O)CS(=O)(=O)O)[C@@H](O)[C@H]1O. The van der Waals surface area contributed by atoms with Gasteiger partial charge in [-0.05, 0) is 0 Å². The van der Waals surface area contributed by atoms with Gasteiger partial charge in [0.05, 0.1) is 12.9 Å². The number of aliphatic hydroxyl groups excluding tert-OH is 2. The Bertz CT molecular complexity index is 997. The first-order valence-electron chi connectivity index (χ1n) is 7.34. The lowest BCUT2D eigenvalue weighted by molar-refractivity contribution is -0.0483. The molecule has 2 aromatic heterocycles. The van der Waals surface area contributed by atoms with Crippen LogP contribution < -0.4 is 5.73 Å². The molecule has 16 heteroatoms. The molecule has 150 valence electrons.